The number of carbonyl (C=O) groups excluding carboxylic acids is 1. The molecule has 0 saturated heterocycles. The highest BCUT2D eigenvalue weighted by molar-refractivity contribution is 8.15. The van der Waals surface area contributed by atoms with Gasteiger partial charge >= 0.3 is 0 Å². The van der Waals surface area contributed by atoms with E-state index >= 15 is 0 Å². The van der Waals surface area contributed by atoms with Crippen LogP contribution in [0.4, 0.5) is 0 Å². The van der Waals surface area contributed by atoms with Crippen molar-refractivity contribution in [3.8, 4) is 5.75 Å². The average Bonchev–Trinajstić information content (AvgIpc) is 2.88. The average molecular weight is 320 g/mol. The minimum atomic E-state index is -0.423. The Hall–Kier alpha value is -1.49. The summed E-state index contributed by atoms with van der Waals surface area (Å²) in [5, 5.41) is 13.3. The number of aromatic hydroxyl groups is 1. The summed E-state index contributed by atoms with van der Waals surface area (Å²) in [6.07, 6.45) is 7.46. The molecule has 0 fully saturated rings. The molecular formula is C17H24N2O2S. The normalized spacial score (nSPS) is 17.6. The molecule has 1 aliphatic rings. The van der Waals surface area contributed by atoms with E-state index in [0.29, 0.717) is 10.7 Å². The molecule has 0 saturated carbocycles. The molecule has 120 valence electrons. The Balaban J connectivity index is 1.73. The van der Waals surface area contributed by atoms with Crippen LogP contribution < -0.4 is 5.32 Å². The molecule has 2 rings (SSSR count). The maximum Gasteiger partial charge on any atom is 0.266 e. The monoisotopic (exact) mass is 320 g/mol. The number of hydrogen-bond donors (Lipinski definition) is 2. The maximum atomic E-state index is 12.0. The van der Waals surface area contributed by atoms with Crippen molar-refractivity contribution in [2.24, 2.45) is 4.99 Å². The van der Waals surface area contributed by atoms with E-state index in [0.717, 1.165) is 13.0 Å². The van der Waals surface area contributed by atoms with Gasteiger partial charge in [0.15, 0.2) is 5.17 Å². The first-order valence-corrected chi connectivity index (χ1v) is 8.91. The van der Waals surface area contributed by atoms with Gasteiger partial charge in [0.1, 0.15) is 11.0 Å². The van der Waals surface area contributed by atoms with Gasteiger partial charge < -0.3 is 10.4 Å². The highest BCUT2D eigenvalue weighted by Crippen LogP contribution is 2.39. The number of carbonyl (C=O) groups is 1. The summed E-state index contributed by atoms with van der Waals surface area (Å²) in [6.45, 7) is 3.06. The topological polar surface area (TPSA) is 61.7 Å². The molecule has 0 bridgehead atoms. The van der Waals surface area contributed by atoms with Crippen molar-refractivity contribution in [2.75, 3.05) is 6.54 Å². The number of rotatable bonds is 8. The summed E-state index contributed by atoms with van der Waals surface area (Å²) in [6, 6.07) is 6.95. The summed E-state index contributed by atoms with van der Waals surface area (Å²) >= 11 is 1.39. The smallest absolute Gasteiger partial charge is 0.266 e. The predicted molar refractivity (Wildman–Crippen MR) is 92.3 cm³/mol. The molecule has 1 unspecified atom stereocenters. The fourth-order valence-corrected chi connectivity index (χ4v) is 3.47. The minimum absolute atomic E-state index is 0.153. The van der Waals surface area contributed by atoms with Gasteiger partial charge in [-0.25, -0.2) is 0 Å². The van der Waals surface area contributed by atoms with Gasteiger partial charge in [-0.1, -0.05) is 69.0 Å². The SMILES string of the molecule is CCCCCCCCNC1=NC(=O)C(c2ccccc2O)S1. The van der Waals surface area contributed by atoms with E-state index in [9.17, 15) is 9.90 Å². The molecule has 1 amide bonds. The van der Waals surface area contributed by atoms with Gasteiger partial charge in [0, 0.05) is 12.1 Å². The number of nitrogens with zero attached hydrogens (tertiary/aromatic N) is 1. The van der Waals surface area contributed by atoms with E-state index in [1.807, 2.05) is 6.07 Å². The Labute approximate surface area is 136 Å². The van der Waals surface area contributed by atoms with Crippen LogP contribution in [-0.4, -0.2) is 22.7 Å². The lowest BCUT2D eigenvalue weighted by molar-refractivity contribution is -0.117. The molecule has 1 aromatic rings. The Morgan fingerprint density at radius 1 is 1.18 bits per heavy atom. The number of aliphatic imine (C=N–C) groups is 1. The van der Waals surface area contributed by atoms with E-state index in [-0.39, 0.29) is 11.7 Å². The van der Waals surface area contributed by atoms with Gasteiger partial charge in [-0.3, -0.25) is 4.79 Å². The highest BCUT2D eigenvalue weighted by Gasteiger charge is 2.31. The maximum absolute atomic E-state index is 12.0. The molecule has 1 atom stereocenters. The number of benzene rings is 1. The van der Waals surface area contributed by atoms with Crippen LogP contribution in [0.2, 0.25) is 0 Å². The third-order valence-corrected chi connectivity index (χ3v) is 4.84. The van der Waals surface area contributed by atoms with Crippen LogP contribution in [-0.2, 0) is 4.79 Å². The second-order valence-electron chi connectivity index (χ2n) is 5.51. The van der Waals surface area contributed by atoms with Crippen LogP contribution in [0.25, 0.3) is 0 Å². The first-order chi connectivity index (χ1) is 10.7. The molecule has 0 spiro atoms. The summed E-state index contributed by atoms with van der Waals surface area (Å²) < 4.78 is 0. The molecular weight excluding hydrogens is 296 g/mol. The van der Waals surface area contributed by atoms with Crippen LogP contribution in [0, 0.1) is 0 Å². The van der Waals surface area contributed by atoms with Crippen LogP contribution in [0.3, 0.4) is 0 Å². The molecule has 1 aliphatic heterocycles. The lowest BCUT2D eigenvalue weighted by Gasteiger charge is -2.09. The van der Waals surface area contributed by atoms with Crippen LogP contribution in [0.15, 0.2) is 29.3 Å². The Morgan fingerprint density at radius 3 is 2.68 bits per heavy atom. The number of nitrogens with one attached hydrogen (secondary N) is 1. The number of phenolic OH excluding ortho intramolecular Hbond substituents is 1. The van der Waals surface area contributed by atoms with Crippen LogP contribution in [0.5, 0.6) is 5.75 Å². The van der Waals surface area contributed by atoms with Gasteiger partial charge in [0.2, 0.25) is 0 Å². The van der Waals surface area contributed by atoms with Gasteiger partial charge in [-0.05, 0) is 12.5 Å². The zero-order valence-corrected chi connectivity index (χ0v) is 13.9. The molecule has 4 nitrogen and oxygen atoms in total. The summed E-state index contributed by atoms with van der Waals surface area (Å²) in [7, 11) is 0. The quantitative estimate of drug-likeness (QED) is 0.710. The van der Waals surface area contributed by atoms with Gasteiger partial charge in [-0.2, -0.15) is 4.99 Å². The Morgan fingerprint density at radius 2 is 1.91 bits per heavy atom. The van der Waals surface area contributed by atoms with Crippen molar-refractivity contribution in [3.05, 3.63) is 29.8 Å². The summed E-state index contributed by atoms with van der Waals surface area (Å²) in [4.78, 5) is 16.0. The van der Waals surface area contributed by atoms with Crippen LogP contribution >= 0.6 is 11.8 Å². The van der Waals surface area contributed by atoms with Crippen molar-refractivity contribution in [1.29, 1.82) is 0 Å². The van der Waals surface area contributed by atoms with E-state index in [2.05, 4.69) is 17.2 Å². The third-order valence-electron chi connectivity index (χ3n) is 3.69. The second kappa shape index (κ2) is 8.83. The standard InChI is InChI=1S/C17H24N2O2S/c1-2-3-4-5-6-9-12-18-17-19-16(21)15(22-17)13-10-7-8-11-14(13)20/h7-8,10-11,15,20H,2-6,9,12H2,1H3,(H,18,19,21). The summed E-state index contributed by atoms with van der Waals surface area (Å²) in [5.74, 6) is -0.0438. The number of thioether (sulfide) groups is 1. The minimum Gasteiger partial charge on any atom is -0.508 e. The van der Waals surface area contributed by atoms with Gasteiger partial charge in [-0.15, -0.1) is 0 Å². The second-order valence-corrected chi connectivity index (χ2v) is 6.60. The lowest BCUT2D eigenvalue weighted by atomic mass is 10.1. The lowest BCUT2D eigenvalue weighted by Crippen LogP contribution is -2.20. The molecule has 1 heterocycles. The van der Waals surface area contributed by atoms with E-state index in [1.165, 1.54) is 43.9 Å². The fourth-order valence-electron chi connectivity index (χ4n) is 2.43. The van der Waals surface area contributed by atoms with E-state index in [4.69, 9.17) is 0 Å². The number of para-hydroxylation sites is 1. The molecule has 2 N–H and O–H groups in total. The Kier molecular flexibility index (Phi) is 6.77. The van der Waals surface area contributed by atoms with Gasteiger partial charge in [0.25, 0.3) is 5.91 Å². The highest BCUT2D eigenvalue weighted by atomic mass is 32.2. The number of amidine groups is 1. The molecule has 0 radical (unpaired) electrons. The van der Waals surface area contributed by atoms with Crippen LogP contribution in [0.1, 0.15) is 56.3 Å². The number of amides is 1. The molecule has 22 heavy (non-hydrogen) atoms. The molecule has 5 heteroatoms. The van der Waals surface area contributed by atoms with Crippen molar-refractivity contribution in [3.63, 3.8) is 0 Å². The van der Waals surface area contributed by atoms with E-state index in [1.54, 1.807) is 18.2 Å². The first-order valence-electron chi connectivity index (χ1n) is 8.03. The predicted octanol–water partition coefficient (Wildman–Crippen LogP) is 4.01. The largest absolute Gasteiger partial charge is 0.508 e. The third kappa shape index (κ3) is 4.77. The van der Waals surface area contributed by atoms with Crippen molar-refractivity contribution >= 4 is 22.8 Å². The van der Waals surface area contributed by atoms with Crippen molar-refractivity contribution < 1.29 is 9.90 Å². The molecule has 0 aromatic heterocycles. The number of phenols is 1. The number of unbranched alkanes of at least 4 members (excludes halogenated alkanes) is 5. The zero-order chi connectivity index (χ0) is 15.8. The molecule has 0 aliphatic carbocycles. The first kappa shape index (κ1) is 16.9. The zero-order valence-electron chi connectivity index (χ0n) is 13.0. The molecule has 1 aromatic carbocycles. The Bertz CT molecular complexity index is 531. The van der Waals surface area contributed by atoms with E-state index < -0.39 is 5.25 Å². The summed E-state index contributed by atoms with van der Waals surface area (Å²) in [5.41, 5.74) is 0.637. The van der Waals surface area contributed by atoms with Crippen molar-refractivity contribution in [2.45, 2.75) is 50.7 Å². The van der Waals surface area contributed by atoms with Gasteiger partial charge in [0.05, 0.1) is 0 Å². The number of hydrogen-bond acceptors (Lipinski definition) is 4. The fraction of sp³-hybridized carbons (Fsp3) is 0.529. The van der Waals surface area contributed by atoms with Crippen molar-refractivity contribution in [1.82, 2.24) is 5.32 Å².